The van der Waals surface area contributed by atoms with Crippen LogP contribution in [0.25, 0.3) is 0 Å². The van der Waals surface area contributed by atoms with Gasteiger partial charge >= 0.3 is 0 Å². The molecule has 1 unspecified atom stereocenters. The quantitative estimate of drug-likeness (QED) is 0.651. The van der Waals surface area contributed by atoms with Crippen LogP contribution in [0.4, 0.5) is 5.69 Å². The summed E-state index contributed by atoms with van der Waals surface area (Å²) in [6.07, 6.45) is 1.13. The number of non-ortho nitro benzene ring substituents is 1. The largest absolute Gasteiger partial charge is 0.354 e. The average Bonchev–Trinajstić information content (AvgIpc) is 2.60. The van der Waals surface area contributed by atoms with E-state index in [1.807, 2.05) is 12.1 Å². The minimum Gasteiger partial charge on any atom is -0.354 e. The molecule has 0 radical (unpaired) electrons. The highest BCUT2D eigenvalue weighted by molar-refractivity contribution is 5.78. The number of hydrogen-bond donors (Lipinski definition) is 2. The number of rotatable bonds is 5. The van der Waals surface area contributed by atoms with E-state index in [0.717, 1.165) is 13.0 Å². The second-order valence-corrected chi connectivity index (χ2v) is 5.86. The van der Waals surface area contributed by atoms with Crippen molar-refractivity contribution in [3.05, 3.63) is 75.3 Å². The summed E-state index contributed by atoms with van der Waals surface area (Å²) in [6.45, 7) is 1.40. The highest BCUT2D eigenvalue weighted by Gasteiger charge is 2.19. The van der Waals surface area contributed by atoms with E-state index in [1.165, 1.54) is 23.3 Å². The van der Waals surface area contributed by atoms with Crippen molar-refractivity contribution in [2.45, 2.75) is 18.9 Å². The first-order valence-electron chi connectivity index (χ1n) is 7.94. The zero-order valence-electron chi connectivity index (χ0n) is 13.2. The molecule has 0 bridgehead atoms. The molecule has 0 fully saturated rings. The molecule has 2 N–H and O–H groups in total. The van der Waals surface area contributed by atoms with Gasteiger partial charge in [0.2, 0.25) is 5.91 Å². The third-order valence-electron chi connectivity index (χ3n) is 4.21. The van der Waals surface area contributed by atoms with Crippen molar-refractivity contribution in [2.75, 3.05) is 13.1 Å². The van der Waals surface area contributed by atoms with Crippen LogP contribution in [-0.4, -0.2) is 23.9 Å². The molecule has 0 saturated carbocycles. The molecule has 1 atom stereocenters. The number of carbonyl (C=O) groups is 1. The zero-order valence-corrected chi connectivity index (χ0v) is 13.2. The normalized spacial score (nSPS) is 16.2. The molecule has 1 aliphatic rings. The van der Waals surface area contributed by atoms with E-state index in [2.05, 4.69) is 22.8 Å². The number of carbonyl (C=O) groups excluding carboxylic acids is 1. The number of nitro groups is 1. The van der Waals surface area contributed by atoms with Crippen molar-refractivity contribution < 1.29 is 9.72 Å². The third kappa shape index (κ3) is 3.78. The Kier molecular flexibility index (Phi) is 4.86. The first-order chi connectivity index (χ1) is 11.6. The third-order valence-corrected chi connectivity index (χ3v) is 4.21. The van der Waals surface area contributed by atoms with Gasteiger partial charge in [-0.3, -0.25) is 14.9 Å². The van der Waals surface area contributed by atoms with Crippen LogP contribution in [0, 0.1) is 10.1 Å². The van der Waals surface area contributed by atoms with E-state index in [0.29, 0.717) is 12.1 Å². The van der Waals surface area contributed by atoms with Crippen molar-refractivity contribution in [2.24, 2.45) is 0 Å². The van der Waals surface area contributed by atoms with E-state index in [4.69, 9.17) is 0 Å². The SMILES string of the molecule is O=C(Cc1cccc([N+](=O)[O-])c1)NCC1NCCc2ccccc21. The number of nitrogens with zero attached hydrogens (tertiary/aromatic N) is 1. The molecule has 0 spiro atoms. The summed E-state index contributed by atoms with van der Waals surface area (Å²) < 4.78 is 0. The van der Waals surface area contributed by atoms with Gasteiger partial charge in [0.25, 0.3) is 5.69 Å². The fraction of sp³-hybridized carbons (Fsp3) is 0.278. The summed E-state index contributed by atoms with van der Waals surface area (Å²) >= 11 is 0. The Morgan fingerprint density at radius 2 is 2.08 bits per heavy atom. The molecular formula is C18H19N3O3. The number of amides is 1. The Morgan fingerprint density at radius 1 is 1.25 bits per heavy atom. The summed E-state index contributed by atoms with van der Waals surface area (Å²) in [5.74, 6) is -0.139. The van der Waals surface area contributed by atoms with Gasteiger partial charge in [-0.1, -0.05) is 36.4 Å². The first-order valence-corrected chi connectivity index (χ1v) is 7.94. The van der Waals surface area contributed by atoms with E-state index < -0.39 is 4.92 Å². The molecule has 0 aliphatic carbocycles. The molecule has 1 amide bonds. The molecular weight excluding hydrogens is 306 g/mol. The molecule has 3 rings (SSSR count). The van der Waals surface area contributed by atoms with Crippen molar-refractivity contribution in [3.8, 4) is 0 Å². The molecule has 1 heterocycles. The number of fused-ring (bicyclic) bond motifs is 1. The lowest BCUT2D eigenvalue weighted by Gasteiger charge is -2.27. The molecule has 6 nitrogen and oxygen atoms in total. The van der Waals surface area contributed by atoms with Gasteiger partial charge in [-0.2, -0.15) is 0 Å². The van der Waals surface area contributed by atoms with Gasteiger partial charge in [-0.15, -0.1) is 0 Å². The van der Waals surface area contributed by atoms with Crippen LogP contribution in [0.15, 0.2) is 48.5 Å². The molecule has 0 aromatic heterocycles. The summed E-state index contributed by atoms with van der Waals surface area (Å²) in [5, 5.41) is 17.1. The lowest BCUT2D eigenvalue weighted by atomic mass is 9.94. The van der Waals surface area contributed by atoms with Crippen molar-refractivity contribution in [3.63, 3.8) is 0 Å². The predicted octanol–water partition coefficient (Wildman–Crippen LogP) is 2.14. The summed E-state index contributed by atoms with van der Waals surface area (Å²) in [7, 11) is 0. The van der Waals surface area contributed by atoms with Crippen molar-refractivity contribution in [1.29, 1.82) is 0 Å². The number of nitro benzene ring substituents is 1. The van der Waals surface area contributed by atoms with Crippen LogP contribution in [0.5, 0.6) is 0 Å². The zero-order chi connectivity index (χ0) is 16.9. The number of benzene rings is 2. The van der Waals surface area contributed by atoms with Gasteiger partial charge < -0.3 is 10.6 Å². The molecule has 6 heteroatoms. The Hall–Kier alpha value is -2.73. The van der Waals surface area contributed by atoms with Gasteiger partial charge in [0.15, 0.2) is 0 Å². The summed E-state index contributed by atoms with van der Waals surface area (Å²) in [6, 6.07) is 14.5. The fourth-order valence-electron chi connectivity index (χ4n) is 3.02. The van der Waals surface area contributed by atoms with E-state index >= 15 is 0 Å². The Labute approximate surface area is 140 Å². The lowest BCUT2D eigenvalue weighted by Crippen LogP contribution is -2.39. The van der Waals surface area contributed by atoms with Crippen LogP contribution < -0.4 is 10.6 Å². The van der Waals surface area contributed by atoms with E-state index in [9.17, 15) is 14.9 Å². The predicted molar refractivity (Wildman–Crippen MR) is 90.7 cm³/mol. The van der Waals surface area contributed by atoms with Crippen molar-refractivity contribution in [1.82, 2.24) is 10.6 Å². The van der Waals surface area contributed by atoms with Crippen LogP contribution >= 0.6 is 0 Å². The van der Waals surface area contributed by atoms with Gasteiger partial charge in [-0.05, 0) is 29.7 Å². The number of nitrogens with one attached hydrogen (secondary N) is 2. The first kappa shape index (κ1) is 16.1. The van der Waals surface area contributed by atoms with Crippen LogP contribution in [0.1, 0.15) is 22.7 Å². The molecule has 0 saturated heterocycles. The summed E-state index contributed by atoms with van der Waals surface area (Å²) in [5.41, 5.74) is 3.18. The fourth-order valence-corrected chi connectivity index (χ4v) is 3.02. The highest BCUT2D eigenvalue weighted by atomic mass is 16.6. The molecule has 124 valence electrons. The van der Waals surface area contributed by atoms with Crippen LogP contribution in [-0.2, 0) is 17.6 Å². The van der Waals surface area contributed by atoms with Crippen LogP contribution in [0.3, 0.4) is 0 Å². The van der Waals surface area contributed by atoms with Gasteiger partial charge in [0.1, 0.15) is 0 Å². The lowest BCUT2D eigenvalue weighted by molar-refractivity contribution is -0.384. The molecule has 2 aromatic carbocycles. The van der Waals surface area contributed by atoms with Gasteiger partial charge in [0, 0.05) is 24.7 Å². The number of hydrogen-bond acceptors (Lipinski definition) is 4. The monoisotopic (exact) mass is 325 g/mol. The summed E-state index contributed by atoms with van der Waals surface area (Å²) in [4.78, 5) is 22.5. The topological polar surface area (TPSA) is 84.3 Å². The molecule has 24 heavy (non-hydrogen) atoms. The molecule has 1 aliphatic heterocycles. The van der Waals surface area contributed by atoms with Gasteiger partial charge in [-0.25, -0.2) is 0 Å². The smallest absolute Gasteiger partial charge is 0.269 e. The van der Waals surface area contributed by atoms with Crippen LogP contribution in [0.2, 0.25) is 0 Å². The van der Waals surface area contributed by atoms with E-state index in [1.54, 1.807) is 12.1 Å². The minimum atomic E-state index is -0.454. The second kappa shape index (κ2) is 7.23. The molecule has 2 aromatic rings. The average molecular weight is 325 g/mol. The van der Waals surface area contributed by atoms with Crippen molar-refractivity contribution >= 4 is 11.6 Å². The maximum absolute atomic E-state index is 12.1. The highest BCUT2D eigenvalue weighted by Crippen LogP contribution is 2.22. The van der Waals surface area contributed by atoms with E-state index in [-0.39, 0.29) is 24.1 Å². The maximum atomic E-state index is 12.1. The maximum Gasteiger partial charge on any atom is 0.269 e. The Balaban J connectivity index is 1.59. The minimum absolute atomic E-state index is 0.00294. The standard InChI is InChI=1S/C18H19N3O3/c22-18(11-13-4-3-6-15(10-13)21(23)24)20-12-17-16-7-2-1-5-14(16)8-9-19-17/h1-7,10,17,19H,8-9,11-12H2,(H,20,22). The van der Waals surface area contributed by atoms with Gasteiger partial charge in [0.05, 0.1) is 11.3 Å². The Bertz CT molecular complexity index is 761. The Morgan fingerprint density at radius 3 is 2.92 bits per heavy atom. The second-order valence-electron chi connectivity index (χ2n) is 5.86.